The number of imidazole rings is 1. The summed E-state index contributed by atoms with van der Waals surface area (Å²) >= 11 is 0. The average molecular weight is 308 g/mol. The van der Waals surface area contributed by atoms with Gasteiger partial charge in [-0.05, 0) is 12.1 Å². The molecule has 0 atom stereocenters. The maximum Gasteiger partial charge on any atom is 0.320 e. The number of rotatable bonds is 3. The van der Waals surface area contributed by atoms with E-state index in [9.17, 15) is 13.6 Å². The van der Waals surface area contributed by atoms with E-state index in [1.807, 2.05) is 0 Å². The van der Waals surface area contributed by atoms with Crippen LogP contribution in [0.25, 0.3) is 11.0 Å². The highest BCUT2D eigenvalue weighted by Gasteiger charge is 2.23. The Kier molecular flexibility index (Phi) is 4.06. The Morgan fingerprint density at radius 3 is 2.55 bits per heavy atom. The van der Waals surface area contributed by atoms with Crippen molar-refractivity contribution < 1.29 is 13.6 Å². The van der Waals surface area contributed by atoms with E-state index in [4.69, 9.17) is 0 Å². The lowest BCUT2D eigenvalue weighted by atomic mass is 10.3. The van der Waals surface area contributed by atoms with E-state index in [1.54, 1.807) is 36.1 Å². The fourth-order valence-corrected chi connectivity index (χ4v) is 2.84. The smallest absolute Gasteiger partial charge is 0.320 e. The van der Waals surface area contributed by atoms with Gasteiger partial charge in [0, 0.05) is 33.1 Å². The number of carbonyl (C=O) groups is 1. The molecule has 0 bridgehead atoms. The molecule has 1 aliphatic rings. The first-order valence-corrected chi connectivity index (χ1v) is 7.28. The number of aromatic nitrogens is 2. The Labute approximate surface area is 127 Å². The van der Waals surface area contributed by atoms with E-state index in [-0.39, 0.29) is 5.91 Å². The molecule has 1 aromatic carbocycles. The Hall–Kier alpha value is -2.02. The zero-order valence-electron chi connectivity index (χ0n) is 12.4. The van der Waals surface area contributed by atoms with Crippen molar-refractivity contribution in [3.05, 3.63) is 30.1 Å². The predicted octanol–water partition coefficient (Wildman–Crippen LogP) is 2.10. The summed E-state index contributed by atoms with van der Waals surface area (Å²) in [6.45, 7) is 1.91. The Morgan fingerprint density at radius 1 is 1.23 bits per heavy atom. The second kappa shape index (κ2) is 6.00. The number of nitrogens with zero attached hydrogens (tertiary/aromatic N) is 4. The highest BCUT2D eigenvalue weighted by molar-refractivity contribution is 5.76. The van der Waals surface area contributed by atoms with Crippen LogP contribution in [0, 0.1) is 0 Å². The Morgan fingerprint density at radius 2 is 1.91 bits per heavy atom. The number of hydrogen-bond donors (Lipinski definition) is 0. The summed E-state index contributed by atoms with van der Waals surface area (Å²) in [5.74, 6) is 0.423. The number of alkyl halides is 2. The van der Waals surface area contributed by atoms with Gasteiger partial charge in [-0.1, -0.05) is 12.1 Å². The van der Waals surface area contributed by atoms with Gasteiger partial charge >= 0.3 is 6.55 Å². The molecule has 0 saturated carbocycles. The Balaban J connectivity index is 1.79. The summed E-state index contributed by atoms with van der Waals surface area (Å²) in [5, 5.41) is 0. The molecule has 0 unspecified atom stereocenters. The minimum absolute atomic E-state index is 0.0551. The van der Waals surface area contributed by atoms with Gasteiger partial charge in [0.2, 0.25) is 5.91 Å². The monoisotopic (exact) mass is 308 g/mol. The van der Waals surface area contributed by atoms with Gasteiger partial charge in [-0.3, -0.25) is 14.3 Å². The quantitative estimate of drug-likeness (QED) is 0.872. The molecule has 0 radical (unpaired) electrons. The number of hydrogen-bond acceptors (Lipinski definition) is 3. The molecule has 2 aromatic rings. The molecule has 5 nitrogen and oxygen atoms in total. The van der Waals surface area contributed by atoms with Crippen LogP contribution in [0.4, 0.5) is 8.78 Å². The predicted molar refractivity (Wildman–Crippen MR) is 78.5 cm³/mol. The van der Waals surface area contributed by atoms with Gasteiger partial charge in [-0.2, -0.15) is 8.78 Å². The number of fused-ring (bicyclic) bond motifs is 1. The maximum absolute atomic E-state index is 13.4. The number of piperazine rings is 1. The molecule has 7 heteroatoms. The summed E-state index contributed by atoms with van der Waals surface area (Å²) in [6, 6.07) is 6.93. The van der Waals surface area contributed by atoms with Crippen LogP contribution in [0.5, 0.6) is 0 Å². The average Bonchev–Trinajstić information content (AvgIpc) is 2.85. The zero-order chi connectivity index (χ0) is 15.7. The molecule has 2 heterocycles. The van der Waals surface area contributed by atoms with E-state index in [1.165, 1.54) is 0 Å². The SMILES string of the molecule is CC(=O)N1CCN(Cc2nc3ccccc3n2C(F)F)CC1. The van der Waals surface area contributed by atoms with Gasteiger partial charge in [0.1, 0.15) is 5.82 Å². The van der Waals surface area contributed by atoms with Gasteiger partial charge < -0.3 is 4.90 Å². The molecule has 1 fully saturated rings. The lowest BCUT2D eigenvalue weighted by Gasteiger charge is -2.33. The van der Waals surface area contributed by atoms with Crippen molar-refractivity contribution in [1.82, 2.24) is 19.4 Å². The van der Waals surface area contributed by atoms with Crippen molar-refractivity contribution in [2.24, 2.45) is 0 Å². The first-order valence-electron chi connectivity index (χ1n) is 7.28. The molecule has 22 heavy (non-hydrogen) atoms. The Bertz CT molecular complexity index is 677. The van der Waals surface area contributed by atoms with Crippen LogP contribution in [0.1, 0.15) is 19.3 Å². The van der Waals surface area contributed by atoms with Crippen molar-refractivity contribution in [1.29, 1.82) is 0 Å². The lowest BCUT2D eigenvalue weighted by molar-refractivity contribution is -0.130. The van der Waals surface area contributed by atoms with E-state index in [2.05, 4.69) is 9.88 Å². The number of halogens is 2. The summed E-state index contributed by atoms with van der Waals surface area (Å²) in [7, 11) is 0. The third kappa shape index (κ3) is 2.81. The van der Waals surface area contributed by atoms with Crippen LogP contribution in [0.15, 0.2) is 24.3 Å². The van der Waals surface area contributed by atoms with E-state index in [0.717, 1.165) is 4.57 Å². The third-order valence-corrected chi connectivity index (χ3v) is 4.05. The maximum atomic E-state index is 13.4. The first-order chi connectivity index (χ1) is 10.6. The molecule has 0 spiro atoms. The molecule has 1 aromatic heterocycles. The molecular formula is C15H18F2N4O. The van der Waals surface area contributed by atoms with Crippen molar-refractivity contribution in [2.45, 2.75) is 20.0 Å². The summed E-state index contributed by atoms with van der Waals surface area (Å²) in [6.07, 6.45) is 0. The molecule has 0 N–H and O–H groups in total. The second-order valence-corrected chi connectivity index (χ2v) is 5.45. The fourth-order valence-electron chi connectivity index (χ4n) is 2.84. The van der Waals surface area contributed by atoms with Crippen LogP contribution < -0.4 is 0 Å². The highest BCUT2D eigenvalue weighted by Crippen LogP contribution is 2.24. The topological polar surface area (TPSA) is 41.4 Å². The largest absolute Gasteiger partial charge is 0.340 e. The molecule has 118 valence electrons. The molecular weight excluding hydrogens is 290 g/mol. The van der Waals surface area contributed by atoms with Crippen LogP contribution >= 0.6 is 0 Å². The molecule has 3 rings (SSSR count). The van der Waals surface area contributed by atoms with Gasteiger partial charge in [-0.25, -0.2) is 4.98 Å². The summed E-state index contributed by atoms with van der Waals surface area (Å²) in [4.78, 5) is 19.5. The minimum Gasteiger partial charge on any atom is -0.340 e. The molecule has 1 aliphatic heterocycles. The third-order valence-electron chi connectivity index (χ3n) is 4.05. The second-order valence-electron chi connectivity index (χ2n) is 5.45. The van der Waals surface area contributed by atoms with Gasteiger partial charge in [-0.15, -0.1) is 0 Å². The minimum atomic E-state index is -2.61. The normalized spacial score (nSPS) is 16.6. The lowest BCUT2D eigenvalue weighted by Crippen LogP contribution is -2.47. The number of carbonyl (C=O) groups excluding carboxylic acids is 1. The molecule has 0 aliphatic carbocycles. The van der Waals surface area contributed by atoms with Gasteiger partial charge in [0.25, 0.3) is 0 Å². The van der Waals surface area contributed by atoms with Gasteiger partial charge in [0.15, 0.2) is 0 Å². The van der Waals surface area contributed by atoms with Crippen LogP contribution in [0.2, 0.25) is 0 Å². The fraction of sp³-hybridized carbons (Fsp3) is 0.467. The standard InChI is InChI=1S/C15H18F2N4O/c1-11(22)20-8-6-19(7-9-20)10-14-18-12-4-2-3-5-13(12)21(14)15(16)17/h2-5,15H,6-10H2,1H3. The number of benzene rings is 1. The molecule has 1 saturated heterocycles. The van der Waals surface area contributed by atoms with Crippen molar-refractivity contribution in [3.63, 3.8) is 0 Å². The van der Waals surface area contributed by atoms with Crippen LogP contribution in [-0.4, -0.2) is 51.4 Å². The van der Waals surface area contributed by atoms with E-state index < -0.39 is 6.55 Å². The highest BCUT2D eigenvalue weighted by atomic mass is 19.3. The van der Waals surface area contributed by atoms with Gasteiger partial charge in [0.05, 0.1) is 17.6 Å². The summed E-state index contributed by atoms with van der Waals surface area (Å²) in [5.41, 5.74) is 1.04. The van der Waals surface area contributed by atoms with E-state index >= 15 is 0 Å². The van der Waals surface area contributed by atoms with Crippen molar-refractivity contribution >= 4 is 16.9 Å². The van der Waals surface area contributed by atoms with Crippen LogP contribution in [0.3, 0.4) is 0 Å². The summed E-state index contributed by atoms with van der Waals surface area (Å²) < 4.78 is 27.7. The zero-order valence-corrected chi connectivity index (χ0v) is 12.4. The number of amides is 1. The van der Waals surface area contributed by atoms with Crippen molar-refractivity contribution in [3.8, 4) is 0 Å². The van der Waals surface area contributed by atoms with Crippen molar-refractivity contribution in [2.75, 3.05) is 26.2 Å². The first kappa shape index (κ1) is 14.9. The van der Waals surface area contributed by atoms with E-state index in [0.29, 0.717) is 49.6 Å². The van der Waals surface area contributed by atoms with Crippen LogP contribution in [-0.2, 0) is 11.3 Å². The number of para-hydroxylation sites is 2. The molecule has 1 amide bonds.